The summed E-state index contributed by atoms with van der Waals surface area (Å²) in [4.78, 5) is 30.1. The molecule has 1 atom stereocenters. The molecule has 148 valence electrons. The van der Waals surface area contributed by atoms with E-state index < -0.39 is 0 Å². The van der Waals surface area contributed by atoms with Crippen LogP contribution in [0.15, 0.2) is 47.4 Å². The lowest BCUT2D eigenvalue weighted by Crippen LogP contribution is -2.44. The Morgan fingerprint density at radius 2 is 1.89 bits per heavy atom. The van der Waals surface area contributed by atoms with Gasteiger partial charge in [0.2, 0.25) is 0 Å². The molecule has 5 nitrogen and oxygen atoms in total. The molecule has 2 aliphatic rings. The molecule has 1 saturated carbocycles. The molecule has 2 fully saturated rings. The monoisotopic (exact) mass is 379 g/mol. The molecule has 1 amide bonds. The number of carbonyl (C=O) groups excluding carboxylic acids is 1. The lowest BCUT2D eigenvalue weighted by Gasteiger charge is -2.29. The van der Waals surface area contributed by atoms with Crippen LogP contribution >= 0.6 is 0 Å². The van der Waals surface area contributed by atoms with Crippen molar-refractivity contribution in [2.24, 2.45) is 0 Å². The average Bonchev–Trinajstić information content (AvgIpc) is 3.51. The van der Waals surface area contributed by atoms with Crippen LogP contribution in [0.25, 0.3) is 0 Å². The largest absolute Gasteiger partial charge is 0.348 e. The van der Waals surface area contributed by atoms with Crippen LogP contribution in [0.5, 0.6) is 0 Å². The first kappa shape index (κ1) is 18.9. The van der Waals surface area contributed by atoms with Gasteiger partial charge in [-0.1, -0.05) is 30.3 Å². The molecule has 4 rings (SSSR count). The Morgan fingerprint density at radius 3 is 2.61 bits per heavy atom. The molecule has 1 aliphatic carbocycles. The number of hydrogen-bond acceptors (Lipinski definition) is 3. The van der Waals surface area contributed by atoms with Crippen molar-refractivity contribution in [3.8, 4) is 0 Å². The molecule has 1 saturated heterocycles. The first-order valence-corrected chi connectivity index (χ1v) is 10.3. The van der Waals surface area contributed by atoms with Gasteiger partial charge >= 0.3 is 0 Å². The second kappa shape index (κ2) is 7.92. The third kappa shape index (κ3) is 4.04. The molecule has 2 aromatic rings. The van der Waals surface area contributed by atoms with Gasteiger partial charge in [-0.3, -0.25) is 14.5 Å². The molecular weight excluding hydrogens is 350 g/mol. The highest BCUT2D eigenvalue weighted by Gasteiger charge is 2.30. The Bertz CT molecular complexity index is 902. The average molecular weight is 380 g/mol. The third-order valence-electron chi connectivity index (χ3n) is 5.89. The van der Waals surface area contributed by atoms with Crippen molar-refractivity contribution in [2.45, 2.75) is 51.7 Å². The lowest BCUT2D eigenvalue weighted by molar-refractivity contribution is 0.0689. The van der Waals surface area contributed by atoms with Crippen LogP contribution in [-0.4, -0.2) is 46.0 Å². The summed E-state index contributed by atoms with van der Waals surface area (Å²) in [7, 11) is 0. The maximum absolute atomic E-state index is 13.2. The molecule has 5 heteroatoms. The van der Waals surface area contributed by atoms with E-state index in [4.69, 9.17) is 0 Å². The summed E-state index contributed by atoms with van der Waals surface area (Å²) in [6, 6.07) is 12.6. The fourth-order valence-electron chi connectivity index (χ4n) is 4.24. The minimum atomic E-state index is -0.156. The summed E-state index contributed by atoms with van der Waals surface area (Å²) >= 11 is 0. The normalized spacial score (nSPS) is 20.8. The van der Waals surface area contributed by atoms with Crippen molar-refractivity contribution in [2.75, 3.05) is 19.6 Å². The van der Waals surface area contributed by atoms with Crippen molar-refractivity contribution in [1.82, 2.24) is 14.4 Å². The van der Waals surface area contributed by atoms with Crippen LogP contribution in [0.4, 0.5) is 0 Å². The summed E-state index contributed by atoms with van der Waals surface area (Å²) in [5.74, 6) is -0.117. The summed E-state index contributed by atoms with van der Waals surface area (Å²) in [6.45, 7) is 7.42. The Morgan fingerprint density at radius 1 is 1.14 bits per heavy atom. The van der Waals surface area contributed by atoms with Crippen molar-refractivity contribution in [3.05, 3.63) is 69.6 Å². The third-order valence-corrected chi connectivity index (χ3v) is 5.89. The molecule has 0 bridgehead atoms. The maximum atomic E-state index is 13.2. The molecule has 0 N–H and O–H groups in total. The van der Waals surface area contributed by atoms with Gasteiger partial charge in [-0.25, -0.2) is 0 Å². The number of hydrogen-bond donors (Lipinski definition) is 0. The second-order valence-corrected chi connectivity index (χ2v) is 8.25. The maximum Gasteiger partial charge on any atom is 0.259 e. The zero-order valence-electron chi connectivity index (χ0n) is 16.8. The van der Waals surface area contributed by atoms with Gasteiger partial charge < -0.3 is 9.47 Å². The van der Waals surface area contributed by atoms with Gasteiger partial charge in [0.25, 0.3) is 5.91 Å². The van der Waals surface area contributed by atoms with Crippen LogP contribution in [0.2, 0.25) is 0 Å². The van der Waals surface area contributed by atoms with E-state index in [0.717, 1.165) is 44.6 Å². The summed E-state index contributed by atoms with van der Waals surface area (Å²) in [5, 5.41) is 0. The second-order valence-electron chi connectivity index (χ2n) is 8.25. The molecule has 28 heavy (non-hydrogen) atoms. The molecule has 1 aliphatic heterocycles. The standard InChI is InChI=1S/C23H29N3O2/c1-17-13-22(27)21(16-26(17)20-9-10-20)23(28)25-12-6-11-24(14-18(25)2)15-19-7-4-3-5-8-19/h3-5,7-8,13,16,18,20H,6,9-12,14-15H2,1-2H3/t18-/m0/s1. The Balaban J connectivity index is 1.50. The smallest absolute Gasteiger partial charge is 0.259 e. The quantitative estimate of drug-likeness (QED) is 0.819. The zero-order chi connectivity index (χ0) is 19.7. The minimum Gasteiger partial charge on any atom is -0.348 e. The van der Waals surface area contributed by atoms with Crippen molar-refractivity contribution < 1.29 is 4.79 Å². The molecule has 0 unspecified atom stereocenters. The van der Waals surface area contributed by atoms with E-state index >= 15 is 0 Å². The van der Waals surface area contributed by atoms with Crippen LogP contribution in [0, 0.1) is 6.92 Å². The predicted molar refractivity (Wildman–Crippen MR) is 111 cm³/mol. The highest BCUT2D eigenvalue weighted by molar-refractivity contribution is 5.94. The topological polar surface area (TPSA) is 45.6 Å². The lowest BCUT2D eigenvalue weighted by atomic mass is 10.1. The zero-order valence-corrected chi connectivity index (χ0v) is 16.8. The first-order chi connectivity index (χ1) is 13.5. The number of pyridine rings is 1. The van der Waals surface area contributed by atoms with E-state index in [1.165, 1.54) is 5.56 Å². The molecule has 2 heterocycles. The van der Waals surface area contributed by atoms with E-state index in [1.807, 2.05) is 17.9 Å². The molecule has 0 spiro atoms. The summed E-state index contributed by atoms with van der Waals surface area (Å²) in [5.41, 5.74) is 2.40. The SMILES string of the molecule is Cc1cc(=O)c(C(=O)N2CCCN(Cc3ccccc3)C[C@@H]2C)cn1C1CC1. The van der Waals surface area contributed by atoms with Gasteiger partial charge in [0.15, 0.2) is 5.43 Å². The van der Waals surface area contributed by atoms with Gasteiger partial charge in [0, 0.05) is 56.2 Å². The van der Waals surface area contributed by atoms with Gasteiger partial charge in [-0.05, 0) is 38.7 Å². The fourth-order valence-corrected chi connectivity index (χ4v) is 4.24. The number of aromatic nitrogens is 1. The van der Waals surface area contributed by atoms with Gasteiger partial charge in [-0.15, -0.1) is 0 Å². The van der Waals surface area contributed by atoms with Gasteiger partial charge in [-0.2, -0.15) is 0 Å². The first-order valence-electron chi connectivity index (χ1n) is 10.3. The van der Waals surface area contributed by atoms with Crippen molar-refractivity contribution >= 4 is 5.91 Å². The molecular formula is C23H29N3O2. The van der Waals surface area contributed by atoms with E-state index in [0.29, 0.717) is 18.2 Å². The highest BCUT2D eigenvalue weighted by Crippen LogP contribution is 2.35. The van der Waals surface area contributed by atoms with Gasteiger partial charge in [0.05, 0.1) is 0 Å². The highest BCUT2D eigenvalue weighted by atomic mass is 16.2. The van der Waals surface area contributed by atoms with Crippen LogP contribution in [0.3, 0.4) is 0 Å². The van der Waals surface area contributed by atoms with E-state index in [9.17, 15) is 9.59 Å². The summed E-state index contributed by atoms with van der Waals surface area (Å²) in [6.07, 6.45) is 4.99. The molecule has 1 aromatic heterocycles. The van der Waals surface area contributed by atoms with Gasteiger partial charge in [0.1, 0.15) is 5.56 Å². The Kier molecular flexibility index (Phi) is 5.36. The molecule has 0 radical (unpaired) electrons. The fraction of sp³-hybridized carbons (Fsp3) is 0.478. The van der Waals surface area contributed by atoms with Crippen LogP contribution in [0.1, 0.15) is 53.8 Å². The van der Waals surface area contributed by atoms with E-state index in [2.05, 4.69) is 40.7 Å². The number of nitrogens with zero attached hydrogens (tertiary/aromatic N) is 3. The number of rotatable bonds is 4. The number of amides is 1. The number of aryl methyl sites for hydroxylation is 1. The number of benzene rings is 1. The molecule has 1 aromatic carbocycles. The Labute approximate surface area is 166 Å². The van der Waals surface area contributed by atoms with Crippen molar-refractivity contribution in [3.63, 3.8) is 0 Å². The predicted octanol–water partition coefficient (Wildman–Crippen LogP) is 3.23. The van der Waals surface area contributed by atoms with E-state index in [-0.39, 0.29) is 17.4 Å². The van der Waals surface area contributed by atoms with Crippen LogP contribution < -0.4 is 5.43 Å². The number of carbonyl (C=O) groups is 1. The summed E-state index contributed by atoms with van der Waals surface area (Å²) < 4.78 is 2.11. The Hall–Kier alpha value is -2.40. The van der Waals surface area contributed by atoms with E-state index in [1.54, 1.807) is 12.3 Å². The minimum absolute atomic E-state index is 0.0776. The van der Waals surface area contributed by atoms with Crippen molar-refractivity contribution in [1.29, 1.82) is 0 Å². The van der Waals surface area contributed by atoms with Crippen LogP contribution in [-0.2, 0) is 6.54 Å².